The second kappa shape index (κ2) is 35.7. The predicted octanol–water partition coefficient (Wildman–Crippen LogP) is 33.9. The Labute approximate surface area is 859 Å². The van der Waals surface area contributed by atoms with E-state index in [2.05, 4.69) is 364 Å². The van der Waals surface area contributed by atoms with Crippen LogP contribution in [0.5, 0.6) is 34.5 Å². The summed E-state index contributed by atoms with van der Waals surface area (Å²) >= 11 is 1.70. The van der Waals surface area contributed by atoms with Crippen LogP contribution >= 0.6 is 11.3 Å². The van der Waals surface area contributed by atoms with Crippen molar-refractivity contribution < 1.29 is 18.6 Å². The molecule has 0 amide bonds. The first-order valence-electron chi connectivity index (χ1n) is 49.9. The quantitative estimate of drug-likeness (QED) is 0.116. The molecular weight excluding hydrogens is 1830 g/mol. The minimum atomic E-state index is -0.563. The van der Waals surface area contributed by atoms with Crippen LogP contribution < -0.4 is 14.2 Å². The molecule has 0 saturated heterocycles. The highest BCUT2D eigenvalue weighted by Gasteiger charge is 2.55. The first-order chi connectivity index (χ1) is 73.4. The van der Waals surface area contributed by atoms with Crippen LogP contribution in [0.15, 0.2) is 520 Å². The number of ether oxygens (including phenoxy) is 3. The second-order valence-electron chi connectivity index (χ2n) is 37.7. The first-order valence-corrected chi connectivity index (χ1v) is 50.7. The maximum absolute atomic E-state index is 6.98. The molecule has 0 atom stereocenters. The molecule has 0 unspecified atom stereocenters. The van der Waals surface area contributed by atoms with E-state index in [4.69, 9.17) is 53.5 Å². The third-order valence-electron chi connectivity index (χ3n) is 29.7. The van der Waals surface area contributed by atoms with Crippen LogP contribution in [0.4, 0.5) is 0 Å². The minimum Gasteiger partial charge on any atom is -0.456 e. The number of para-hydroxylation sites is 6. The summed E-state index contributed by atoms with van der Waals surface area (Å²) in [5, 5.41) is 0. The summed E-state index contributed by atoms with van der Waals surface area (Å²) in [6.45, 7) is 0. The molecule has 148 heavy (non-hydrogen) atoms. The van der Waals surface area contributed by atoms with E-state index < -0.39 is 16.2 Å². The van der Waals surface area contributed by atoms with Gasteiger partial charge < -0.3 is 18.6 Å². The summed E-state index contributed by atoms with van der Waals surface area (Å²) in [6, 6.07) is 178. The smallest absolute Gasteiger partial charge is 0.196 e. The molecule has 3 aliphatic heterocycles. The monoisotopic (exact) mass is 1910 g/mol. The standard InChI is InChI=1S/C46H29N3O.C45H28N2O2.C45H28N2OS/c1-3-15-30(16-4-1)40-29-41(31-17-5-2-6-18-31)49-45(48-40)35-22-14-28-47-43(35)34-21-13-26-39-44(34)50-42-27-12-11-25-38(42)46(39)36-23-9-7-19-32(36)33-20-8-10-24-37(33)46;1-3-14-29(15-4-1)38-28-39(30-16-5-2-6-17-30)47-44(46-38)42-27-26-40(48-42)33-20-13-24-37-43(33)49-41-25-12-11-23-36(41)45(37)34-21-9-7-18-31(34)32-19-8-10-22-35(32)45;1-3-14-29(15-4-1)38-28-39(30-16-5-2-6-17-30)47-44(46-38)42-27-26-41(49-42)33-20-13-24-37-43(33)48-40-25-12-11-23-36(40)45(37)34-21-9-7-18-31(34)32-19-8-10-22-35(32)45/h1-29H;2*1-28H. The third kappa shape index (κ3) is 14.0. The van der Waals surface area contributed by atoms with E-state index in [1.807, 2.05) is 152 Å². The van der Waals surface area contributed by atoms with Gasteiger partial charge in [-0.25, -0.2) is 29.9 Å². The molecule has 3 aliphatic carbocycles. The molecule has 3 spiro atoms. The van der Waals surface area contributed by atoms with Crippen LogP contribution in [0, 0.1) is 0 Å². The molecule has 0 radical (unpaired) electrons. The third-order valence-corrected chi connectivity index (χ3v) is 30.8. The number of aromatic nitrogens is 7. The highest BCUT2D eigenvalue weighted by Crippen LogP contribution is 2.68. The SMILES string of the molecule is c1ccc(-c2cc(-c3ccccc3)nc(-c3ccc(-c4cccc5c4Oc4ccccc4C54c5ccccc5-c5ccccc54)o3)n2)cc1.c1ccc(-c2cc(-c3ccccc3)nc(-c3ccc(-c4cccc5c4Oc4ccccc4C54c5ccccc5-c5ccccc54)s3)n2)cc1.c1ccc(-c2cc(-c3ccccc3)nc(-c3cccnc3-c3cccc4c3Oc3ccccc3C43c4ccccc4-c4ccccc43)n2)cc1. The average molecular weight is 1910 g/mol. The van der Waals surface area contributed by atoms with Crippen LogP contribution in [0.1, 0.15) is 66.8 Å². The van der Waals surface area contributed by atoms with Gasteiger partial charge in [-0.2, -0.15) is 0 Å². The van der Waals surface area contributed by atoms with Crippen LogP contribution in [0.2, 0.25) is 0 Å². The zero-order valence-corrected chi connectivity index (χ0v) is 80.6. The molecular formula is C136H85N7O4S. The van der Waals surface area contributed by atoms with Crippen molar-refractivity contribution in [3.8, 4) is 202 Å². The Bertz CT molecular complexity index is 8690. The number of rotatable bonds is 12. The summed E-state index contributed by atoms with van der Waals surface area (Å²) in [5.74, 6) is 8.16. The van der Waals surface area contributed by atoms with Crippen LogP contribution in [0.3, 0.4) is 0 Å². The van der Waals surface area contributed by atoms with Crippen molar-refractivity contribution in [2.75, 3.05) is 0 Å². The lowest BCUT2D eigenvalue weighted by atomic mass is 9.65. The largest absolute Gasteiger partial charge is 0.456 e. The van der Waals surface area contributed by atoms with E-state index >= 15 is 0 Å². The van der Waals surface area contributed by atoms with Crippen molar-refractivity contribution in [1.82, 2.24) is 34.9 Å². The van der Waals surface area contributed by atoms with Crippen molar-refractivity contribution in [2.45, 2.75) is 16.2 Å². The Balaban J connectivity index is 0.000000107. The van der Waals surface area contributed by atoms with E-state index in [0.717, 1.165) is 168 Å². The fourth-order valence-corrected chi connectivity index (χ4v) is 24.4. The molecule has 18 aromatic carbocycles. The lowest BCUT2D eigenvalue weighted by Gasteiger charge is -2.40. The number of hydrogen-bond acceptors (Lipinski definition) is 12. The molecule has 12 heteroatoms. The van der Waals surface area contributed by atoms with Gasteiger partial charge >= 0.3 is 0 Å². The fraction of sp³-hybridized carbons (Fsp3) is 0.0221. The second-order valence-corrected chi connectivity index (χ2v) is 38.8. The maximum atomic E-state index is 6.98. The lowest BCUT2D eigenvalue weighted by Crippen LogP contribution is -2.32. The number of pyridine rings is 1. The highest BCUT2D eigenvalue weighted by molar-refractivity contribution is 7.18. The van der Waals surface area contributed by atoms with Gasteiger partial charge in [-0.15, -0.1) is 11.3 Å². The zero-order valence-electron chi connectivity index (χ0n) is 79.7. The van der Waals surface area contributed by atoms with Gasteiger partial charge in [-0.1, -0.05) is 419 Å². The molecule has 694 valence electrons. The van der Waals surface area contributed by atoms with Crippen LogP contribution in [-0.2, 0) is 16.2 Å². The lowest BCUT2D eigenvalue weighted by molar-refractivity contribution is 0.436. The summed E-state index contributed by atoms with van der Waals surface area (Å²) < 4.78 is 27.4. The Kier molecular flexibility index (Phi) is 20.9. The summed E-state index contributed by atoms with van der Waals surface area (Å²) in [7, 11) is 0. The van der Waals surface area contributed by atoms with Gasteiger partial charge in [-0.05, 0) is 158 Å². The molecule has 6 aliphatic rings. The molecule has 0 fully saturated rings. The number of nitrogens with zero attached hydrogens (tertiary/aromatic N) is 7. The van der Waals surface area contributed by atoms with E-state index in [-0.39, 0.29) is 0 Å². The van der Waals surface area contributed by atoms with E-state index in [9.17, 15) is 0 Å². The normalized spacial score (nSPS) is 13.2. The average Bonchev–Trinajstić information content (AvgIpc) is 1.51. The molecule has 0 N–H and O–H groups in total. The Morgan fingerprint density at radius 3 is 0.791 bits per heavy atom. The Morgan fingerprint density at radius 1 is 0.176 bits per heavy atom. The van der Waals surface area contributed by atoms with Gasteiger partial charge in [0.2, 0.25) is 0 Å². The van der Waals surface area contributed by atoms with Crippen molar-refractivity contribution in [2.24, 2.45) is 0 Å². The van der Waals surface area contributed by atoms with E-state index in [1.165, 1.54) is 72.3 Å². The molecule has 11 nitrogen and oxygen atoms in total. The zero-order chi connectivity index (χ0) is 97.8. The van der Waals surface area contributed by atoms with Crippen molar-refractivity contribution in [3.05, 3.63) is 583 Å². The number of fused-ring (bicyclic) bond motifs is 27. The molecule has 30 rings (SSSR count). The van der Waals surface area contributed by atoms with Gasteiger partial charge in [0, 0.05) is 94.5 Å². The highest BCUT2D eigenvalue weighted by atomic mass is 32.1. The predicted molar refractivity (Wildman–Crippen MR) is 591 cm³/mol. The van der Waals surface area contributed by atoms with Crippen molar-refractivity contribution in [1.29, 1.82) is 0 Å². The summed E-state index contributed by atoms with van der Waals surface area (Å²) in [5.41, 5.74) is 36.1. The van der Waals surface area contributed by atoms with Crippen LogP contribution in [0.25, 0.3) is 168 Å². The summed E-state index contributed by atoms with van der Waals surface area (Å²) in [4.78, 5) is 37.7. The molecule has 24 aromatic rings. The topological polar surface area (TPSA) is 131 Å². The van der Waals surface area contributed by atoms with Gasteiger partial charge in [0.1, 0.15) is 40.3 Å². The Hall–Kier alpha value is -19.3. The van der Waals surface area contributed by atoms with Gasteiger partial charge in [0.15, 0.2) is 23.2 Å². The Morgan fingerprint density at radius 2 is 0.432 bits per heavy atom. The number of hydrogen-bond donors (Lipinski definition) is 0. The number of furan rings is 1. The molecule has 0 saturated carbocycles. The number of thiophene rings is 1. The van der Waals surface area contributed by atoms with Gasteiger partial charge in [0.05, 0.1) is 66.5 Å². The van der Waals surface area contributed by atoms with E-state index in [1.54, 1.807) is 11.3 Å². The molecule has 0 bridgehead atoms. The minimum absolute atomic E-state index is 0.495. The number of benzene rings is 18. The van der Waals surface area contributed by atoms with E-state index in [0.29, 0.717) is 29.0 Å². The van der Waals surface area contributed by atoms with Crippen molar-refractivity contribution >= 4 is 11.3 Å². The fourth-order valence-electron chi connectivity index (χ4n) is 23.4. The van der Waals surface area contributed by atoms with Gasteiger partial charge in [0.25, 0.3) is 0 Å². The van der Waals surface area contributed by atoms with Gasteiger partial charge in [-0.3, -0.25) is 4.98 Å². The van der Waals surface area contributed by atoms with Crippen LogP contribution in [-0.4, -0.2) is 34.9 Å². The maximum Gasteiger partial charge on any atom is 0.196 e. The molecule has 9 heterocycles. The molecule has 6 aromatic heterocycles. The first kappa shape index (κ1) is 86.6. The van der Waals surface area contributed by atoms with Crippen molar-refractivity contribution in [3.63, 3.8) is 0 Å². The summed E-state index contributed by atoms with van der Waals surface area (Å²) in [6.07, 6.45) is 1.84.